The average molecular weight is 438 g/mol. The summed E-state index contributed by atoms with van der Waals surface area (Å²) in [7, 11) is -3.75. The van der Waals surface area contributed by atoms with Gasteiger partial charge in [0.1, 0.15) is 10.7 Å². The van der Waals surface area contributed by atoms with E-state index in [0.29, 0.717) is 11.4 Å². The smallest absolute Gasteiger partial charge is 0.266 e. The zero-order valence-corrected chi connectivity index (χ0v) is 15.4. The molecule has 114 valence electrons. The van der Waals surface area contributed by atoms with Crippen LogP contribution in [0.5, 0.6) is 0 Å². The van der Waals surface area contributed by atoms with Gasteiger partial charge in [0, 0.05) is 10.5 Å². The molecule has 21 heavy (non-hydrogen) atoms. The van der Waals surface area contributed by atoms with Gasteiger partial charge in [0.05, 0.1) is 12.2 Å². The van der Waals surface area contributed by atoms with Crippen LogP contribution in [-0.2, 0) is 16.6 Å². The summed E-state index contributed by atoms with van der Waals surface area (Å²) in [5.41, 5.74) is 7.66. The van der Waals surface area contributed by atoms with Gasteiger partial charge >= 0.3 is 0 Å². The Kier molecular flexibility index (Phi) is 4.82. The van der Waals surface area contributed by atoms with E-state index in [0.717, 1.165) is 15.6 Å². The molecule has 0 spiro atoms. The van der Waals surface area contributed by atoms with Crippen LogP contribution < -0.4 is 10.5 Å². The minimum Gasteiger partial charge on any atom is -0.452 e. The van der Waals surface area contributed by atoms with Crippen molar-refractivity contribution in [3.05, 3.63) is 44.2 Å². The van der Waals surface area contributed by atoms with Crippen LogP contribution >= 0.6 is 31.9 Å². The molecule has 0 radical (unpaired) electrons. The molecule has 2 aromatic rings. The van der Waals surface area contributed by atoms with Crippen molar-refractivity contribution in [1.82, 2.24) is 0 Å². The van der Waals surface area contributed by atoms with E-state index in [4.69, 9.17) is 10.2 Å². The molecule has 0 aliphatic carbocycles. The number of furan rings is 1. The number of halogens is 2. The first-order chi connectivity index (χ1) is 9.74. The van der Waals surface area contributed by atoms with Crippen LogP contribution in [0, 0.1) is 13.8 Å². The molecule has 8 heteroatoms. The van der Waals surface area contributed by atoms with Crippen LogP contribution in [0.15, 0.2) is 36.7 Å². The fraction of sp³-hybridized carbons (Fsp3) is 0.231. The summed E-state index contributed by atoms with van der Waals surface area (Å²) in [5.74, 6) is 0.395. The third kappa shape index (κ3) is 3.50. The van der Waals surface area contributed by atoms with Crippen molar-refractivity contribution in [2.75, 3.05) is 4.72 Å². The number of hydrogen-bond donors (Lipinski definition) is 2. The number of sulfonamides is 1. The largest absolute Gasteiger partial charge is 0.452 e. The van der Waals surface area contributed by atoms with E-state index in [9.17, 15) is 8.42 Å². The lowest BCUT2D eigenvalue weighted by atomic mass is 10.1. The predicted octanol–water partition coefficient (Wildman–Crippen LogP) is 3.68. The van der Waals surface area contributed by atoms with Crippen LogP contribution in [0.1, 0.15) is 16.9 Å². The lowest BCUT2D eigenvalue weighted by Crippen LogP contribution is -2.14. The molecule has 0 saturated heterocycles. The van der Waals surface area contributed by atoms with Gasteiger partial charge in [0.25, 0.3) is 10.0 Å². The third-order valence-corrected chi connectivity index (χ3v) is 5.60. The van der Waals surface area contributed by atoms with Crippen molar-refractivity contribution in [3.63, 3.8) is 0 Å². The first-order valence-electron chi connectivity index (χ1n) is 6.02. The second kappa shape index (κ2) is 6.12. The highest BCUT2D eigenvalue weighted by Crippen LogP contribution is 2.31. The summed E-state index contributed by atoms with van der Waals surface area (Å²) >= 11 is 6.49. The highest BCUT2D eigenvalue weighted by atomic mass is 79.9. The van der Waals surface area contributed by atoms with Crippen molar-refractivity contribution in [2.45, 2.75) is 25.3 Å². The van der Waals surface area contributed by atoms with Crippen molar-refractivity contribution < 1.29 is 12.8 Å². The van der Waals surface area contributed by atoms with E-state index in [-0.39, 0.29) is 16.1 Å². The second-order valence-electron chi connectivity index (χ2n) is 4.57. The molecule has 0 atom stereocenters. The predicted molar refractivity (Wildman–Crippen MR) is 88.7 cm³/mol. The van der Waals surface area contributed by atoms with Crippen molar-refractivity contribution in [3.8, 4) is 0 Å². The Hall–Kier alpha value is -0.830. The molecule has 1 heterocycles. The van der Waals surface area contributed by atoms with Crippen LogP contribution in [0.4, 0.5) is 5.69 Å². The normalized spacial score (nSPS) is 11.7. The molecular weight excluding hydrogens is 424 g/mol. The summed E-state index contributed by atoms with van der Waals surface area (Å²) in [5, 5.41) is 0. The Morgan fingerprint density at radius 3 is 2.24 bits per heavy atom. The summed E-state index contributed by atoms with van der Waals surface area (Å²) in [6.45, 7) is 3.81. The first-order valence-corrected chi connectivity index (χ1v) is 9.09. The van der Waals surface area contributed by atoms with Crippen LogP contribution in [0.3, 0.4) is 0 Å². The molecule has 0 unspecified atom stereocenters. The highest BCUT2D eigenvalue weighted by Gasteiger charge is 2.23. The monoisotopic (exact) mass is 436 g/mol. The third-order valence-electron chi connectivity index (χ3n) is 2.93. The fourth-order valence-corrected chi connectivity index (χ4v) is 4.83. The quantitative estimate of drug-likeness (QED) is 0.763. The summed E-state index contributed by atoms with van der Waals surface area (Å²) < 4.78 is 33.8. The van der Waals surface area contributed by atoms with Crippen molar-refractivity contribution in [1.29, 1.82) is 0 Å². The number of hydrogen-bond acceptors (Lipinski definition) is 4. The lowest BCUT2D eigenvalue weighted by molar-refractivity contribution is 0.484. The van der Waals surface area contributed by atoms with E-state index in [1.165, 1.54) is 6.07 Å². The number of nitrogens with one attached hydrogen (secondary N) is 1. The summed E-state index contributed by atoms with van der Waals surface area (Å²) in [4.78, 5) is 0.0321. The maximum absolute atomic E-state index is 12.5. The molecule has 0 bridgehead atoms. The summed E-state index contributed by atoms with van der Waals surface area (Å²) in [6, 6.07) is 5.11. The topological polar surface area (TPSA) is 85.3 Å². The molecule has 1 aromatic carbocycles. The molecule has 5 nitrogen and oxygen atoms in total. The number of anilines is 1. The maximum atomic E-state index is 12.5. The van der Waals surface area contributed by atoms with Gasteiger partial charge in [-0.2, -0.15) is 0 Å². The Bertz CT molecular complexity index is 762. The highest BCUT2D eigenvalue weighted by molar-refractivity contribution is 9.10. The number of nitrogens with two attached hydrogens (primary N) is 1. The van der Waals surface area contributed by atoms with E-state index in [1.807, 2.05) is 26.0 Å². The molecule has 0 amide bonds. The SMILES string of the molecule is Cc1cc(Br)cc(C)c1NS(=O)(=O)c1cc(CN)oc1Br. The van der Waals surface area contributed by atoms with Gasteiger partial charge in [-0.1, -0.05) is 15.9 Å². The Morgan fingerprint density at radius 2 is 1.76 bits per heavy atom. The van der Waals surface area contributed by atoms with Gasteiger partial charge in [-0.25, -0.2) is 8.42 Å². The molecular formula is C13H14Br2N2O3S. The minimum absolute atomic E-state index is 0.0321. The van der Waals surface area contributed by atoms with Crippen LogP contribution in [0.25, 0.3) is 0 Å². The van der Waals surface area contributed by atoms with Crippen molar-refractivity contribution in [2.24, 2.45) is 5.73 Å². The minimum atomic E-state index is -3.75. The number of aryl methyl sites for hydroxylation is 2. The van der Waals surface area contributed by atoms with Gasteiger partial charge in [0.15, 0.2) is 4.67 Å². The van der Waals surface area contributed by atoms with E-state index in [2.05, 4.69) is 36.6 Å². The zero-order valence-electron chi connectivity index (χ0n) is 11.4. The number of benzene rings is 1. The zero-order chi connectivity index (χ0) is 15.8. The van der Waals surface area contributed by atoms with Gasteiger partial charge in [-0.15, -0.1) is 0 Å². The Balaban J connectivity index is 2.44. The van der Waals surface area contributed by atoms with Gasteiger partial charge in [0.2, 0.25) is 0 Å². The van der Waals surface area contributed by atoms with E-state index >= 15 is 0 Å². The molecule has 2 rings (SSSR count). The second-order valence-corrected chi connectivity index (χ2v) is 7.86. The molecule has 0 aliphatic rings. The van der Waals surface area contributed by atoms with E-state index < -0.39 is 10.0 Å². The maximum Gasteiger partial charge on any atom is 0.266 e. The molecule has 0 saturated carbocycles. The molecule has 3 N–H and O–H groups in total. The van der Waals surface area contributed by atoms with Crippen molar-refractivity contribution >= 4 is 47.6 Å². The molecule has 1 aromatic heterocycles. The van der Waals surface area contributed by atoms with Gasteiger partial charge < -0.3 is 10.2 Å². The summed E-state index contributed by atoms with van der Waals surface area (Å²) in [6.07, 6.45) is 0. The Morgan fingerprint density at radius 1 is 1.19 bits per heavy atom. The Labute approximate surface area is 140 Å². The molecule has 0 aliphatic heterocycles. The number of rotatable bonds is 4. The van der Waals surface area contributed by atoms with Crippen LogP contribution in [0.2, 0.25) is 0 Å². The average Bonchev–Trinajstić information content (AvgIpc) is 2.76. The fourth-order valence-electron chi connectivity index (χ4n) is 1.94. The van der Waals surface area contributed by atoms with Gasteiger partial charge in [-0.3, -0.25) is 4.72 Å². The van der Waals surface area contributed by atoms with Gasteiger partial charge in [-0.05, 0) is 53.0 Å². The lowest BCUT2D eigenvalue weighted by Gasteiger charge is -2.13. The standard InChI is InChI=1S/C13H14Br2N2O3S/c1-7-3-9(14)4-8(2)12(7)17-21(18,19)11-5-10(6-16)20-13(11)15/h3-5,17H,6,16H2,1-2H3. The van der Waals surface area contributed by atoms with E-state index in [1.54, 1.807) is 0 Å². The van der Waals surface area contributed by atoms with Crippen LogP contribution in [-0.4, -0.2) is 8.42 Å². The molecule has 0 fully saturated rings. The first kappa shape index (κ1) is 16.5.